The first-order valence-electron chi connectivity index (χ1n) is 11.6. The molecule has 1 amide bonds. The van der Waals surface area contributed by atoms with Gasteiger partial charge < -0.3 is 28.8 Å². The number of ether oxygens (including phenoxy) is 4. The van der Waals surface area contributed by atoms with Gasteiger partial charge in [-0.1, -0.05) is 23.4 Å². The van der Waals surface area contributed by atoms with Crippen LogP contribution in [0.4, 0.5) is 5.82 Å². The van der Waals surface area contributed by atoms with Crippen molar-refractivity contribution in [2.75, 3.05) is 32.2 Å². The lowest BCUT2D eigenvalue weighted by atomic mass is 10.1. The Morgan fingerprint density at radius 2 is 1.81 bits per heavy atom. The molecule has 1 N–H and O–H groups in total. The molecule has 9 nitrogen and oxygen atoms in total. The van der Waals surface area contributed by atoms with Gasteiger partial charge in [-0.3, -0.25) is 4.79 Å². The molecule has 37 heavy (non-hydrogen) atoms. The summed E-state index contributed by atoms with van der Waals surface area (Å²) in [5, 5.41) is 15.7. The molecule has 9 heteroatoms. The minimum atomic E-state index is -0.598. The van der Waals surface area contributed by atoms with Gasteiger partial charge in [0.15, 0.2) is 28.8 Å². The predicted octanol–water partition coefficient (Wildman–Crippen LogP) is 5.12. The molecule has 0 aliphatic carbocycles. The number of hydrogen-bond donors (Lipinski definition) is 1. The number of hydrogen-bond acceptors (Lipinski definition) is 8. The summed E-state index contributed by atoms with van der Waals surface area (Å²) in [6.07, 6.45) is 4.03. The molecule has 0 fully saturated rings. The van der Waals surface area contributed by atoms with Gasteiger partial charge in [-0.05, 0) is 61.7 Å². The van der Waals surface area contributed by atoms with Crippen LogP contribution in [0, 0.1) is 18.3 Å². The zero-order valence-electron chi connectivity index (χ0n) is 21.1. The van der Waals surface area contributed by atoms with Crippen LogP contribution in [-0.4, -0.2) is 38.0 Å². The number of methoxy groups -OCH3 is 1. The van der Waals surface area contributed by atoms with E-state index in [4.69, 9.17) is 23.5 Å². The number of aryl methyl sites for hydroxylation is 1. The summed E-state index contributed by atoms with van der Waals surface area (Å²) in [7, 11) is 1.59. The van der Waals surface area contributed by atoms with Crippen molar-refractivity contribution in [3.63, 3.8) is 0 Å². The second-order valence-corrected chi connectivity index (χ2v) is 7.76. The van der Waals surface area contributed by atoms with Gasteiger partial charge in [0, 0.05) is 6.07 Å². The van der Waals surface area contributed by atoms with Crippen LogP contribution in [0.15, 0.2) is 65.2 Å². The second kappa shape index (κ2) is 13.4. The fourth-order valence-electron chi connectivity index (χ4n) is 3.35. The fourth-order valence-corrected chi connectivity index (χ4v) is 3.35. The third kappa shape index (κ3) is 7.64. The Morgan fingerprint density at radius 1 is 1.08 bits per heavy atom. The van der Waals surface area contributed by atoms with Crippen LogP contribution in [0.1, 0.15) is 23.8 Å². The number of nitriles is 1. The molecule has 0 spiro atoms. The Morgan fingerprint density at radius 3 is 2.43 bits per heavy atom. The van der Waals surface area contributed by atoms with Crippen molar-refractivity contribution in [2.45, 2.75) is 20.3 Å². The Hall–Kier alpha value is -4.71. The predicted molar refractivity (Wildman–Crippen MR) is 139 cm³/mol. The first kappa shape index (κ1) is 26.9. The van der Waals surface area contributed by atoms with Crippen molar-refractivity contribution in [3.05, 3.63) is 77.6 Å². The quantitative estimate of drug-likeness (QED) is 0.148. The number of amides is 1. The summed E-state index contributed by atoms with van der Waals surface area (Å²) in [6.45, 7) is 8.26. The molecule has 0 aliphatic rings. The highest BCUT2D eigenvalue weighted by Crippen LogP contribution is 2.31. The van der Waals surface area contributed by atoms with E-state index in [1.54, 1.807) is 38.3 Å². The zero-order valence-corrected chi connectivity index (χ0v) is 21.1. The monoisotopic (exact) mass is 503 g/mol. The van der Waals surface area contributed by atoms with E-state index in [0.29, 0.717) is 40.9 Å². The molecule has 1 aromatic heterocycles. The van der Waals surface area contributed by atoms with E-state index in [1.807, 2.05) is 37.3 Å². The Balaban J connectivity index is 1.65. The third-order valence-electron chi connectivity index (χ3n) is 5.02. The van der Waals surface area contributed by atoms with Crippen LogP contribution < -0.4 is 24.3 Å². The lowest BCUT2D eigenvalue weighted by Crippen LogP contribution is -2.13. The molecule has 3 aromatic rings. The van der Waals surface area contributed by atoms with Crippen LogP contribution in [0.3, 0.4) is 0 Å². The lowest BCUT2D eigenvalue weighted by molar-refractivity contribution is -0.112. The van der Waals surface area contributed by atoms with Gasteiger partial charge in [0.05, 0.1) is 13.7 Å². The molecule has 192 valence electrons. The topological polar surface area (TPSA) is 116 Å². The minimum Gasteiger partial charge on any atom is -0.493 e. The number of rotatable bonds is 13. The number of benzene rings is 2. The summed E-state index contributed by atoms with van der Waals surface area (Å²) < 4.78 is 27.8. The van der Waals surface area contributed by atoms with Gasteiger partial charge in [0.1, 0.15) is 30.6 Å². The van der Waals surface area contributed by atoms with Crippen molar-refractivity contribution in [1.29, 1.82) is 5.26 Å². The van der Waals surface area contributed by atoms with Gasteiger partial charge in [-0.15, -0.1) is 6.58 Å². The van der Waals surface area contributed by atoms with Crippen molar-refractivity contribution < 1.29 is 28.3 Å². The highest BCUT2D eigenvalue weighted by molar-refractivity contribution is 6.09. The van der Waals surface area contributed by atoms with Crippen molar-refractivity contribution >= 4 is 17.8 Å². The number of allylic oxidation sites excluding steroid dienone is 1. The number of aromatic nitrogens is 1. The summed E-state index contributed by atoms with van der Waals surface area (Å²) >= 11 is 0. The van der Waals surface area contributed by atoms with Crippen molar-refractivity contribution in [1.82, 2.24) is 5.16 Å². The first-order valence-corrected chi connectivity index (χ1v) is 11.6. The van der Waals surface area contributed by atoms with E-state index in [-0.39, 0.29) is 24.6 Å². The molecule has 0 atom stereocenters. The molecule has 0 unspecified atom stereocenters. The molecule has 0 bridgehead atoms. The maximum Gasteiger partial charge on any atom is 0.267 e. The van der Waals surface area contributed by atoms with Crippen LogP contribution in [-0.2, 0) is 11.2 Å². The van der Waals surface area contributed by atoms with Crippen molar-refractivity contribution in [2.24, 2.45) is 0 Å². The summed E-state index contributed by atoms with van der Waals surface area (Å²) in [6, 6.07) is 14.3. The Kier molecular flexibility index (Phi) is 9.74. The molecule has 3 rings (SSSR count). The first-order chi connectivity index (χ1) is 18.0. The van der Waals surface area contributed by atoms with Crippen LogP contribution in [0.2, 0.25) is 0 Å². The normalized spacial score (nSPS) is 10.8. The van der Waals surface area contributed by atoms with E-state index in [9.17, 15) is 10.1 Å². The molecule has 0 saturated carbocycles. The van der Waals surface area contributed by atoms with E-state index in [0.717, 1.165) is 12.0 Å². The van der Waals surface area contributed by atoms with Crippen LogP contribution >= 0.6 is 0 Å². The minimum absolute atomic E-state index is 0.0989. The van der Waals surface area contributed by atoms with Crippen LogP contribution in [0.25, 0.3) is 6.08 Å². The molecule has 0 radical (unpaired) electrons. The maximum atomic E-state index is 12.5. The SMILES string of the molecule is C=CCc1ccc(OCCOc2ccc(/C=C(/C#N)C(=O)Nc3cc(C)on3)cc2OCC)c(OC)c1. The standard InChI is InChI=1S/C28H29N3O6/c1-5-7-20-8-10-23(25(16-20)33-4)35-12-13-36-24-11-9-21(17-26(24)34-6-2)15-22(18-29)28(32)30-27-14-19(3)37-31-27/h5,8-11,14-17H,1,6-7,12-13H2,2-4H3,(H,30,31,32)/b22-15-. The zero-order chi connectivity index (χ0) is 26.6. The Labute approximate surface area is 215 Å². The average molecular weight is 504 g/mol. The lowest BCUT2D eigenvalue weighted by Gasteiger charge is -2.14. The summed E-state index contributed by atoms with van der Waals surface area (Å²) in [4.78, 5) is 12.5. The van der Waals surface area contributed by atoms with Crippen LogP contribution in [0.5, 0.6) is 23.0 Å². The molecule has 2 aromatic carbocycles. The molecular weight excluding hydrogens is 474 g/mol. The number of anilines is 1. The number of nitrogens with one attached hydrogen (secondary N) is 1. The van der Waals surface area contributed by atoms with Gasteiger partial charge in [0.25, 0.3) is 5.91 Å². The fraction of sp³-hybridized carbons (Fsp3) is 0.250. The average Bonchev–Trinajstić information content (AvgIpc) is 3.31. The van der Waals surface area contributed by atoms with Gasteiger partial charge in [-0.2, -0.15) is 5.26 Å². The van der Waals surface area contributed by atoms with Gasteiger partial charge in [0.2, 0.25) is 0 Å². The summed E-state index contributed by atoms with van der Waals surface area (Å²) in [5.74, 6) is 2.42. The van der Waals surface area contributed by atoms with E-state index < -0.39 is 5.91 Å². The largest absolute Gasteiger partial charge is 0.493 e. The highest BCUT2D eigenvalue weighted by Gasteiger charge is 2.13. The number of nitrogens with zero attached hydrogens (tertiary/aromatic N) is 2. The second-order valence-electron chi connectivity index (χ2n) is 7.76. The summed E-state index contributed by atoms with van der Waals surface area (Å²) in [5.41, 5.74) is 1.58. The Bertz CT molecular complexity index is 1310. The van der Waals surface area contributed by atoms with Gasteiger partial charge >= 0.3 is 0 Å². The molecule has 0 aliphatic heterocycles. The third-order valence-corrected chi connectivity index (χ3v) is 5.02. The smallest absolute Gasteiger partial charge is 0.267 e. The molecule has 0 saturated heterocycles. The van der Waals surface area contributed by atoms with E-state index in [2.05, 4.69) is 17.1 Å². The highest BCUT2D eigenvalue weighted by atomic mass is 16.5. The molecule has 1 heterocycles. The number of carbonyl (C=O) groups excluding carboxylic acids is 1. The van der Waals surface area contributed by atoms with Crippen molar-refractivity contribution in [3.8, 4) is 29.1 Å². The number of carbonyl (C=O) groups is 1. The van der Waals surface area contributed by atoms with Gasteiger partial charge in [-0.25, -0.2) is 0 Å². The molecular formula is C28H29N3O6. The van der Waals surface area contributed by atoms with E-state index >= 15 is 0 Å². The maximum absolute atomic E-state index is 12.5. The van der Waals surface area contributed by atoms with E-state index in [1.165, 1.54) is 6.08 Å².